The molecular weight excluding hydrogens is 544 g/mol. The van der Waals surface area contributed by atoms with Crippen LogP contribution >= 0.6 is 0 Å². The zero-order chi connectivity index (χ0) is 31.8. The van der Waals surface area contributed by atoms with Gasteiger partial charge in [-0.15, -0.1) is 5.73 Å². The van der Waals surface area contributed by atoms with Gasteiger partial charge < -0.3 is 24.4 Å². The number of epoxide rings is 1. The number of esters is 2. The van der Waals surface area contributed by atoms with Crippen molar-refractivity contribution in [3.05, 3.63) is 89.0 Å². The number of carbonyl (C=O) groups is 2. The Morgan fingerprint density at radius 3 is 2.37 bits per heavy atom. The maximum Gasteiger partial charge on any atom is 0.343 e. The van der Waals surface area contributed by atoms with Crippen molar-refractivity contribution in [2.45, 2.75) is 110 Å². The highest BCUT2D eigenvalue weighted by Gasteiger charge is 2.74. The summed E-state index contributed by atoms with van der Waals surface area (Å²) in [7, 11) is 0. The molecular formula is C36H46O7. The molecule has 4 aliphatic rings. The quantitative estimate of drug-likeness (QED) is 0.156. The lowest BCUT2D eigenvalue weighted by molar-refractivity contribution is -0.152. The Hall–Kier alpha value is -3.22. The van der Waals surface area contributed by atoms with Crippen LogP contribution in [0.3, 0.4) is 0 Å². The predicted molar refractivity (Wildman–Crippen MR) is 165 cm³/mol. The van der Waals surface area contributed by atoms with Crippen LogP contribution in [0.5, 0.6) is 0 Å². The van der Waals surface area contributed by atoms with Crippen molar-refractivity contribution in [2.24, 2.45) is 10.8 Å². The molecule has 2 N–H and O–H groups in total. The molecule has 4 rings (SSSR count). The largest absolute Gasteiger partial charge is 0.462 e. The Balaban J connectivity index is 1.37. The molecule has 0 spiro atoms. The molecule has 0 unspecified atom stereocenters. The van der Waals surface area contributed by atoms with E-state index in [1.165, 1.54) is 6.92 Å². The molecule has 7 heteroatoms. The molecule has 3 fully saturated rings. The first kappa shape index (κ1) is 32.7. The van der Waals surface area contributed by atoms with E-state index in [0.29, 0.717) is 37.0 Å². The van der Waals surface area contributed by atoms with Crippen molar-refractivity contribution in [3.8, 4) is 0 Å². The maximum absolute atomic E-state index is 12.4. The van der Waals surface area contributed by atoms with Crippen LogP contribution in [0.2, 0.25) is 0 Å². The number of ether oxygens (including phenoxy) is 3. The smallest absolute Gasteiger partial charge is 0.343 e. The van der Waals surface area contributed by atoms with E-state index in [2.05, 4.69) is 19.6 Å². The monoisotopic (exact) mass is 590 g/mol. The number of hydrogen-bond acceptors (Lipinski definition) is 7. The van der Waals surface area contributed by atoms with Crippen LogP contribution in [-0.2, 0) is 23.8 Å². The van der Waals surface area contributed by atoms with Crippen molar-refractivity contribution < 1.29 is 34.0 Å². The first-order valence-corrected chi connectivity index (χ1v) is 15.0. The van der Waals surface area contributed by atoms with Gasteiger partial charge in [0.15, 0.2) is 0 Å². The number of cyclic esters (lactones) is 1. The van der Waals surface area contributed by atoms with Crippen molar-refractivity contribution in [3.63, 3.8) is 0 Å². The fraction of sp³-hybridized carbons (Fsp3) is 0.528. The molecule has 7 nitrogen and oxygen atoms in total. The summed E-state index contributed by atoms with van der Waals surface area (Å²) in [6, 6.07) is 0. The van der Waals surface area contributed by atoms with Crippen LogP contribution in [0.4, 0.5) is 0 Å². The van der Waals surface area contributed by atoms with Gasteiger partial charge in [0, 0.05) is 30.8 Å². The molecule has 0 radical (unpaired) electrons. The SMILES string of the molecule is CC(=O)O[C@H]1CC(C)(C)C(=C=C/C(C)=C/C=C/C=C/C=C2C=C(/C=C/[C@@]34O[C@]3(C)C[C@@H](O)CC4(C)C)C(=O)O/2)[C@](C)(O)C1. The minimum absolute atomic E-state index is 0.256. The summed E-state index contributed by atoms with van der Waals surface area (Å²) in [6.45, 7) is 15.3. The third-order valence-electron chi connectivity index (χ3n) is 9.06. The molecule has 2 aliphatic heterocycles. The highest BCUT2D eigenvalue weighted by Crippen LogP contribution is 2.66. The second kappa shape index (κ2) is 11.7. The Labute approximate surface area is 255 Å². The summed E-state index contributed by atoms with van der Waals surface area (Å²) < 4.78 is 17.0. The summed E-state index contributed by atoms with van der Waals surface area (Å²) >= 11 is 0. The first-order valence-electron chi connectivity index (χ1n) is 15.0. The Bertz CT molecular complexity index is 1390. The Morgan fingerprint density at radius 2 is 1.72 bits per heavy atom. The van der Waals surface area contributed by atoms with Crippen LogP contribution in [0.15, 0.2) is 89.0 Å². The zero-order valence-electron chi connectivity index (χ0n) is 26.7. The molecule has 43 heavy (non-hydrogen) atoms. The highest BCUT2D eigenvalue weighted by molar-refractivity contribution is 5.95. The van der Waals surface area contributed by atoms with E-state index in [-0.39, 0.29) is 29.0 Å². The molecule has 2 aliphatic carbocycles. The number of fused-ring (bicyclic) bond motifs is 1. The van der Waals surface area contributed by atoms with Crippen LogP contribution in [0, 0.1) is 10.8 Å². The summed E-state index contributed by atoms with van der Waals surface area (Å²) in [4.78, 5) is 23.9. The van der Waals surface area contributed by atoms with E-state index < -0.39 is 22.8 Å². The van der Waals surface area contributed by atoms with Crippen LogP contribution < -0.4 is 0 Å². The summed E-state index contributed by atoms with van der Waals surface area (Å²) in [5.41, 5.74) is 2.83. The fourth-order valence-electron chi connectivity index (χ4n) is 7.30. The molecule has 0 aromatic carbocycles. The molecule has 2 heterocycles. The number of aliphatic hydroxyl groups is 2. The van der Waals surface area contributed by atoms with Crippen LogP contribution in [-0.4, -0.2) is 51.2 Å². The fourth-order valence-corrected chi connectivity index (χ4v) is 7.30. The van der Waals surface area contributed by atoms with Crippen LogP contribution in [0.1, 0.15) is 81.1 Å². The number of hydrogen-bond donors (Lipinski definition) is 2. The molecule has 232 valence electrons. The van der Waals surface area contributed by atoms with Gasteiger partial charge in [0.1, 0.15) is 23.1 Å². The highest BCUT2D eigenvalue weighted by atomic mass is 16.6. The van der Waals surface area contributed by atoms with Gasteiger partial charge in [-0.2, -0.15) is 0 Å². The average Bonchev–Trinajstić information content (AvgIpc) is 3.31. The van der Waals surface area contributed by atoms with Gasteiger partial charge in [0.2, 0.25) is 0 Å². The molecule has 5 atom stereocenters. The third kappa shape index (κ3) is 6.97. The van der Waals surface area contributed by atoms with Crippen LogP contribution in [0.25, 0.3) is 0 Å². The van der Waals surface area contributed by atoms with Gasteiger partial charge in [0.05, 0.1) is 17.3 Å². The van der Waals surface area contributed by atoms with Crippen molar-refractivity contribution in [1.82, 2.24) is 0 Å². The third-order valence-corrected chi connectivity index (χ3v) is 9.06. The number of allylic oxidation sites excluding steroid dienone is 8. The lowest BCUT2D eigenvalue weighted by Crippen LogP contribution is -2.46. The summed E-state index contributed by atoms with van der Waals surface area (Å²) in [5.74, 6) is -0.278. The second-order valence-electron chi connectivity index (χ2n) is 14.0. The summed E-state index contributed by atoms with van der Waals surface area (Å²) in [6.07, 6.45) is 19.9. The molecule has 1 saturated heterocycles. The molecule has 0 bridgehead atoms. The lowest BCUT2D eigenvalue weighted by atomic mass is 9.63. The van der Waals surface area contributed by atoms with Gasteiger partial charge >= 0.3 is 11.9 Å². The topological polar surface area (TPSA) is 106 Å². The number of carbonyl (C=O) groups excluding carboxylic acids is 2. The molecule has 0 amide bonds. The Kier molecular flexibility index (Phi) is 8.89. The van der Waals surface area contributed by atoms with E-state index >= 15 is 0 Å². The van der Waals surface area contributed by atoms with E-state index in [1.54, 1.807) is 31.2 Å². The van der Waals surface area contributed by atoms with Crippen molar-refractivity contribution >= 4 is 11.9 Å². The van der Waals surface area contributed by atoms with E-state index in [1.807, 2.05) is 64.2 Å². The Morgan fingerprint density at radius 1 is 1.02 bits per heavy atom. The van der Waals surface area contributed by atoms with Gasteiger partial charge in [-0.05, 0) is 75.0 Å². The predicted octanol–water partition coefficient (Wildman–Crippen LogP) is 6.26. The average molecular weight is 591 g/mol. The second-order valence-corrected chi connectivity index (χ2v) is 14.0. The van der Waals surface area contributed by atoms with E-state index in [4.69, 9.17) is 14.2 Å². The van der Waals surface area contributed by atoms with E-state index in [0.717, 1.165) is 11.1 Å². The minimum Gasteiger partial charge on any atom is -0.462 e. The van der Waals surface area contributed by atoms with Crippen molar-refractivity contribution in [1.29, 1.82) is 0 Å². The maximum atomic E-state index is 12.4. The minimum atomic E-state index is -1.12. The molecule has 2 saturated carbocycles. The van der Waals surface area contributed by atoms with Gasteiger partial charge in [0.25, 0.3) is 0 Å². The number of aliphatic hydroxyl groups excluding tert-OH is 1. The lowest BCUT2D eigenvalue weighted by Gasteiger charge is -2.44. The van der Waals surface area contributed by atoms with Gasteiger partial charge in [-0.3, -0.25) is 4.79 Å². The van der Waals surface area contributed by atoms with Gasteiger partial charge in [-0.1, -0.05) is 58.1 Å². The molecule has 0 aromatic heterocycles. The van der Waals surface area contributed by atoms with Crippen molar-refractivity contribution in [2.75, 3.05) is 0 Å². The van der Waals surface area contributed by atoms with E-state index in [9.17, 15) is 19.8 Å². The first-order chi connectivity index (χ1) is 19.9. The van der Waals surface area contributed by atoms with Gasteiger partial charge in [-0.25, -0.2) is 4.79 Å². The zero-order valence-corrected chi connectivity index (χ0v) is 26.7. The normalized spacial score (nSPS) is 36.1. The summed E-state index contributed by atoms with van der Waals surface area (Å²) in [5, 5.41) is 21.3. The molecule has 0 aromatic rings. The number of rotatable bonds is 7. The standard InChI is InChI=1S/C36H46O7/c1-24(15-16-30-32(3,4)22-29(41-25(2)37)23-34(30,7)40)13-11-9-10-12-14-28-19-26(31(39)42-28)17-18-36-33(5,6)20-27(38)21-35(36,8)43-36/h9-15,17-19,27,29,38,40H,20-23H2,1-8H3/b11-9+,12-10+,18-17+,24-13+,28-14-/t16?,27-,29-,34+,35+,36-/m0/s1.